The van der Waals surface area contributed by atoms with Crippen molar-refractivity contribution in [2.45, 2.75) is 52.0 Å². The quantitative estimate of drug-likeness (QED) is 0.852. The molecule has 4 fully saturated rings. The summed E-state index contributed by atoms with van der Waals surface area (Å²) < 4.78 is 5.70. The minimum atomic E-state index is -0.183. The second-order valence-electron chi connectivity index (χ2n) is 8.48. The Balaban J connectivity index is 1.29. The largest absolute Gasteiger partial charge is 0.423 e. The summed E-state index contributed by atoms with van der Waals surface area (Å²) in [7, 11) is 0. The van der Waals surface area contributed by atoms with Crippen LogP contribution in [0, 0.1) is 37.5 Å². The van der Waals surface area contributed by atoms with E-state index in [-0.39, 0.29) is 12.0 Å². The maximum absolute atomic E-state index is 12.5. The van der Waals surface area contributed by atoms with Crippen molar-refractivity contribution in [2.75, 3.05) is 5.32 Å². The molecular weight excluding hydrogens is 314 g/mol. The van der Waals surface area contributed by atoms with E-state index in [0.29, 0.717) is 23.5 Å². The molecule has 6 rings (SSSR count). The monoisotopic (exact) mass is 339 g/mol. The number of benzene rings is 1. The molecule has 0 unspecified atom stereocenters. The van der Waals surface area contributed by atoms with Crippen molar-refractivity contribution in [1.82, 2.24) is 10.3 Å². The molecule has 0 saturated heterocycles. The number of carbonyl (C=O) groups excluding carboxylic acids is 1. The summed E-state index contributed by atoms with van der Waals surface area (Å²) in [5.74, 6) is 3.14. The second kappa shape index (κ2) is 5.48. The number of hydrogen-bond donors (Lipinski definition) is 2. The highest BCUT2D eigenvalue weighted by Gasteiger charge is 2.48. The summed E-state index contributed by atoms with van der Waals surface area (Å²) in [5.41, 5.74) is 3.83. The Hall–Kier alpha value is -2.04. The third-order valence-corrected chi connectivity index (χ3v) is 6.75. The Morgan fingerprint density at radius 1 is 1.04 bits per heavy atom. The maximum atomic E-state index is 12.5. The Kier molecular flexibility index (Phi) is 3.34. The van der Waals surface area contributed by atoms with Crippen molar-refractivity contribution in [3.8, 4) is 0 Å². The lowest BCUT2D eigenvalue weighted by Gasteiger charge is -2.54. The number of nitrogens with one attached hydrogen (secondary N) is 2. The van der Waals surface area contributed by atoms with Gasteiger partial charge in [0, 0.05) is 6.04 Å². The van der Waals surface area contributed by atoms with Gasteiger partial charge in [0.2, 0.25) is 0 Å². The Morgan fingerprint density at radius 2 is 1.68 bits per heavy atom. The van der Waals surface area contributed by atoms with Gasteiger partial charge >= 0.3 is 12.0 Å². The van der Waals surface area contributed by atoms with Gasteiger partial charge in [-0.1, -0.05) is 0 Å². The van der Waals surface area contributed by atoms with Crippen LogP contribution in [-0.2, 0) is 0 Å². The molecule has 2 aromatic rings. The van der Waals surface area contributed by atoms with Crippen LogP contribution in [-0.4, -0.2) is 17.1 Å². The number of hydrogen-bond acceptors (Lipinski definition) is 3. The Morgan fingerprint density at radius 3 is 2.36 bits per heavy atom. The van der Waals surface area contributed by atoms with E-state index in [9.17, 15) is 4.79 Å². The van der Waals surface area contributed by atoms with Crippen molar-refractivity contribution in [3.05, 3.63) is 23.3 Å². The summed E-state index contributed by atoms with van der Waals surface area (Å²) in [4.78, 5) is 16.9. The zero-order chi connectivity index (χ0) is 17.1. The molecule has 4 aliphatic carbocycles. The van der Waals surface area contributed by atoms with Crippen LogP contribution >= 0.6 is 0 Å². The number of aryl methyl sites for hydroxylation is 2. The number of oxazole rings is 1. The summed E-state index contributed by atoms with van der Waals surface area (Å²) >= 11 is 0. The maximum Gasteiger partial charge on any atom is 0.323 e. The van der Waals surface area contributed by atoms with E-state index in [2.05, 4.69) is 22.5 Å². The zero-order valence-electron chi connectivity index (χ0n) is 14.8. The van der Waals surface area contributed by atoms with Crippen LogP contribution in [0.1, 0.15) is 43.2 Å². The molecule has 1 heterocycles. The average molecular weight is 339 g/mol. The molecule has 1 aromatic heterocycles. The molecular formula is C20H25N3O2. The average Bonchev–Trinajstić information content (AvgIpc) is 2.91. The second-order valence-corrected chi connectivity index (χ2v) is 8.48. The molecule has 2 amide bonds. The van der Waals surface area contributed by atoms with Crippen LogP contribution in [0.5, 0.6) is 0 Å². The number of amides is 2. The van der Waals surface area contributed by atoms with Crippen LogP contribution < -0.4 is 10.6 Å². The van der Waals surface area contributed by atoms with E-state index in [1.165, 1.54) is 37.7 Å². The third-order valence-electron chi connectivity index (χ3n) is 6.75. The normalized spacial score (nSPS) is 33.0. The molecule has 132 valence electrons. The van der Waals surface area contributed by atoms with E-state index < -0.39 is 0 Å². The van der Waals surface area contributed by atoms with E-state index in [4.69, 9.17) is 4.42 Å². The fraction of sp³-hybridized carbons (Fsp3) is 0.600. The van der Waals surface area contributed by atoms with Crippen molar-refractivity contribution in [1.29, 1.82) is 0 Å². The molecule has 0 aliphatic heterocycles. The minimum absolute atomic E-state index is 0.183. The molecule has 4 saturated carbocycles. The number of rotatable bonds is 2. The molecule has 5 nitrogen and oxygen atoms in total. The highest BCUT2D eigenvalue weighted by Crippen LogP contribution is 2.53. The first-order valence-corrected chi connectivity index (χ1v) is 9.50. The van der Waals surface area contributed by atoms with Gasteiger partial charge < -0.3 is 9.73 Å². The van der Waals surface area contributed by atoms with E-state index in [0.717, 1.165) is 22.9 Å². The van der Waals surface area contributed by atoms with Gasteiger partial charge in [-0.3, -0.25) is 5.32 Å². The number of anilines is 1. The topological polar surface area (TPSA) is 67.2 Å². The Labute approximate surface area is 147 Å². The standard InChI is InChI=1S/C20H25N3O2/c1-10-3-16-17(4-11(10)2)25-20(21-16)23-19(24)22-18-14-6-12-5-13(8-14)9-15(18)7-12/h3-4,12-15,18H,5-9H2,1-2H3,(H2,21,22,23,24). The van der Waals surface area contributed by atoms with Gasteiger partial charge in [-0.15, -0.1) is 0 Å². The lowest BCUT2D eigenvalue weighted by atomic mass is 9.54. The van der Waals surface area contributed by atoms with E-state index in [1.54, 1.807) is 0 Å². The number of fused-ring (bicyclic) bond motifs is 1. The fourth-order valence-electron chi connectivity index (χ4n) is 5.68. The summed E-state index contributed by atoms with van der Waals surface area (Å²) in [6.07, 6.45) is 6.59. The third kappa shape index (κ3) is 2.60. The summed E-state index contributed by atoms with van der Waals surface area (Å²) in [5, 5.41) is 6.03. The first kappa shape index (κ1) is 15.2. The van der Waals surface area contributed by atoms with E-state index in [1.807, 2.05) is 19.1 Å². The van der Waals surface area contributed by atoms with Gasteiger partial charge in [0.05, 0.1) is 0 Å². The molecule has 0 radical (unpaired) electrons. The van der Waals surface area contributed by atoms with Gasteiger partial charge in [-0.05, 0) is 92.9 Å². The summed E-state index contributed by atoms with van der Waals surface area (Å²) in [6, 6.07) is 4.38. The van der Waals surface area contributed by atoms with Gasteiger partial charge in [-0.2, -0.15) is 4.98 Å². The van der Waals surface area contributed by atoms with E-state index >= 15 is 0 Å². The molecule has 0 spiro atoms. The number of aromatic nitrogens is 1. The summed E-state index contributed by atoms with van der Waals surface area (Å²) in [6.45, 7) is 4.10. The number of carbonyl (C=O) groups is 1. The van der Waals surface area contributed by atoms with Crippen LogP contribution in [0.4, 0.5) is 10.8 Å². The smallest absolute Gasteiger partial charge is 0.323 e. The molecule has 25 heavy (non-hydrogen) atoms. The SMILES string of the molecule is Cc1cc2nc(NC(=O)NC3C4CC5CC(C4)CC3C5)oc2cc1C. The van der Waals surface area contributed by atoms with Gasteiger partial charge in [0.25, 0.3) is 0 Å². The van der Waals surface area contributed by atoms with Crippen molar-refractivity contribution in [3.63, 3.8) is 0 Å². The first-order valence-electron chi connectivity index (χ1n) is 9.50. The molecule has 0 atom stereocenters. The van der Waals surface area contributed by atoms with Crippen LogP contribution in [0.2, 0.25) is 0 Å². The predicted molar refractivity (Wildman–Crippen MR) is 96.5 cm³/mol. The highest BCUT2D eigenvalue weighted by molar-refractivity contribution is 5.89. The minimum Gasteiger partial charge on any atom is -0.423 e. The molecule has 2 N–H and O–H groups in total. The molecule has 4 aliphatic rings. The number of nitrogens with zero attached hydrogens (tertiary/aromatic N) is 1. The molecule has 5 heteroatoms. The highest BCUT2D eigenvalue weighted by atomic mass is 16.4. The van der Waals surface area contributed by atoms with Crippen molar-refractivity contribution in [2.24, 2.45) is 23.7 Å². The molecule has 1 aromatic carbocycles. The van der Waals surface area contributed by atoms with Gasteiger partial charge in [-0.25, -0.2) is 4.79 Å². The Bertz CT molecular complexity index is 774. The van der Waals surface area contributed by atoms with Gasteiger partial charge in [0.15, 0.2) is 5.58 Å². The van der Waals surface area contributed by atoms with Crippen molar-refractivity contribution >= 4 is 23.1 Å². The van der Waals surface area contributed by atoms with Crippen LogP contribution in [0.3, 0.4) is 0 Å². The first-order chi connectivity index (χ1) is 12.0. The van der Waals surface area contributed by atoms with Crippen molar-refractivity contribution < 1.29 is 9.21 Å². The van der Waals surface area contributed by atoms with Crippen LogP contribution in [0.15, 0.2) is 16.5 Å². The van der Waals surface area contributed by atoms with Crippen LogP contribution in [0.25, 0.3) is 11.1 Å². The predicted octanol–water partition coefficient (Wildman–Crippen LogP) is 4.39. The number of urea groups is 1. The lowest BCUT2D eigenvalue weighted by molar-refractivity contribution is -0.00885. The lowest BCUT2D eigenvalue weighted by Crippen LogP contribution is -2.56. The molecule has 4 bridgehead atoms. The fourth-order valence-corrected chi connectivity index (χ4v) is 5.68. The zero-order valence-corrected chi connectivity index (χ0v) is 14.8. The van der Waals surface area contributed by atoms with Gasteiger partial charge in [0.1, 0.15) is 5.52 Å².